The summed E-state index contributed by atoms with van der Waals surface area (Å²) in [6.45, 7) is -1.97. The maximum Gasteiger partial charge on any atom is 0.388 e. The predicted octanol–water partition coefficient (Wildman–Crippen LogP) is 2.76. The molecule has 1 amide bonds. The smallest absolute Gasteiger partial charge is 0.388 e. The van der Waals surface area contributed by atoms with E-state index in [4.69, 9.17) is 0 Å². The van der Waals surface area contributed by atoms with Crippen LogP contribution in [0, 0.1) is 5.82 Å². The van der Waals surface area contributed by atoms with Crippen LogP contribution in [0.3, 0.4) is 0 Å². The van der Waals surface area contributed by atoms with Crippen LogP contribution in [0.15, 0.2) is 42.6 Å². The van der Waals surface area contributed by atoms with E-state index in [1.54, 1.807) is 17.0 Å². The van der Waals surface area contributed by atoms with Crippen molar-refractivity contribution < 1.29 is 22.7 Å². The molecule has 126 valence electrons. The van der Waals surface area contributed by atoms with Gasteiger partial charge in [0.1, 0.15) is 5.82 Å². The summed E-state index contributed by atoms with van der Waals surface area (Å²) in [6, 6.07) is 8.68. The molecule has 0 aliphatic carbocycles. The number of halogens is 3. The summed E-state index contributed by atoms with van der Waals surface area (Å²) in [5, 5.41) is 3.19. The standard InChI is InChI=1S/C16H14F3N3O2/c17-11-2-4-12(5-3-11)21-13-8-22(9-13)15(23)10-1-6-14(20-7-10)24-16(18)19/h1-7,13,16,21H,8-9H2. The lowest BCUT2D eigenvalue weighted by Gasteiger charge is -2.40. The van der Waals surface area contributed by atoms with Crippen molar-refractivity contribution in [1.82, 2.24) is 9.88 Å². The van der Waals surface area contributed by atoms with Crippen LogP contribution in [-0.2, 0) is 0 Å². The summed E-state index contributed by atoms with van der Waals surface area (Å²) in [7, 11) is 0. The molecule has 0 radical (unpaired) electrons. The highest BCUT2D eigenvalue weighted by atomic mass is 19.3. The third-order valence-corrected chi connectivity index (χ3v) is 3.58. The monoisotopic (exact) mass is 337 g/mol. The summed E-state index contributed by atoms with van der Waals surface area (Å²) in [4.78, 5) is 17.5. The Labute approximate surface area is 136 Å². The van der Waals surface area contributed by atoms with Crippen LogP contribution in [0.5, 0.6) is 5.88 Å². The number of alkyl halides is 2. The van der Waals surface area contributed by atoms with Gasteiger partial charge in [0.25, 0.3) is 5.91 Å². The SMILES string of the molecule is O=C(c1ccc(OC(F)F)nc1)N1CC(Nc2ccc(F)cc2)C1. The molecule has 1 aromatic carbocycles. The van der Waals surface area contributed by atoms with Gasteiger partial charge in [0, 0.05) is 31.0 Å². The number of hydrogen-bond acceptors (Lipinski definition) is 4. The second-order valence-corrected chi connectivity index (χ2v) is 5.32. The summed E-state index contributed by atoms with van der Waals surface area (Å²) in [6.07, 6.45) is 1.21. The molecule has 1 fully saturated rings. The predicted molar refractivity (Wildman–Crippen MR) is 80.6 cm³/mol. The van der Waals surface area contributed by atoms with E-state index in [0.717, 1.165) is 5.69 Å². The number of hydrogen-bond donors (Lipinski definition) is 1. The molecule has 2 heterocycles. The van der Waals surface area contributed by atoms with E-state index in [1.165, 1.54) is 30.5 Å². The van der Waals surface area contributed by atoms with Crippen molar-refractivity contribution in [3.63, 3.8) is 0 Å². The Morgan fingerprint density at radius 3 is 2.50 bits per heavy atom. The average Bonchev–Trinajstić information content (AvgIpc) is 2.52. The Balaban J connectivity index is 1.51. The Hall–Kier alpha value is -2.77. The van der Waals surface area contributed by atoms with E-state index >= 15 is 0 Å². The minimum Gasteiger partial charge on any atom is -0.417 e. The fourth-order valence-corrected chi connectivity index (χ4v) is 2.37. The van der Waals surface area contributed by atoms with Gasteiger partial charge in [-0.1, -0.05) is 0 Å². The lowest BCUT2D eigenvalue weighted by molar-refractivity contribution is -0.0528. The number of nitrogens with zero attached hydrogens (tertiary/aromatic N) is 2. The molecule has 1 N–H and O–H groups in total. The Morgan fingerprint density at radius 2 is 1.92 bits per heavy atom. The number of ether oxygens (including phenoxy) is 1. The molecule has 0 atom stereocenters. The highest BCUT2D eigenvalue weighted by Gasteiger charge is 2.31. The molecule has 0 bridgehead atoms. The van der Waals surface area contributed by atoms with Crippen LogP contribution in [0.1, 0.15) is 10.4 Å². The summed E-state index contributed by atoms with van der Waals surface area (Å²) in [5.74, 6) is -0.776. The molecule has 24 heavy (non-hydrogen) atoms. The number of amides is 1. The first-order valence-electron chi connectivity index (χ1n) is 7.23. The first kappa shape index (κ1) is 16.1. The molecule has 1 saturated heterocycles. The van der Waals surface area contributed by atoms with Gasteiger partial charge in [-0.05, 0) is 30.3 Å². The van der Waals surface area contributed by atoms with Gasteiger partial charge in [-0.25, -0.2) is 9.37 Å². The highest BCUT2D eigenvalue weighted by Crippen LogP contribution is 2.19. The molecule has 5 nitrogen and oxygen atoms in total. The zero-order chi connectivity index (χ0) is 17.1. The van der Waals surface area contributed by atoms with Gasteiger partial charge in [0.05, 0.1) is 11.6 Å². The number of aromatic nitrogens is 1. The average molecular weight is 337 g/mol. The number of pyridine rings is 1. The van der Waals surface area contributed by atoms with Gasteiger partial charge in [-0.15, -0.1) is 0 Å². The largest absolute Gasteiger partial charge is 0.417 e. The molecule has 1 aliphatic heterocycles. The molecule has 2 aromatic rings. The Morgan fingerprint density at radius 1 is 1.21 bits per heavy atom. The second kappa shape index (κ2) is 6.77. The lowest BCUT2D eigenvalue weighted by Crippen LogP contribution is -2.57. The topological polar surface area (TPSA) is 54.5 Å². The summed E-state index contributed by atoms with van der Waals surface area (Å²) in [5.41, 5.74) is 1.08. The van der Waals surface area contributed by atoms with Crippen molar-refractivity contribution in [1.29, 1.82) is 0 Å². The Kier molecular flexibility index (Phi) is 4.54. The van der Waals surface area contributed by atoms with Gasteiger partial charge in [-0.2, -0.15) is 8.78 Å². The van der Waals surface area contributed by atoms with E-state index < -0.39 is 6.61 Å². The fraction of sp³-hybridized carbons (Fsp3) is 0.250. The van der Waals surface area contributed by atoms with Crippen molar-refractivity contribution in [2.24, 2.45) is 0 Å². The minimum absolute atomic E-state index is 0.0776. The number of benzene rings is 1. The number of anilines is 1. The number of carbonyl (C=O) groups is 1. The van der Waals surface area contributed by atoms with Gasteiger partial charge in [0.2, 0.25) is 5.88 Å². The fourth-order valence-electron chi connectivity index (χ4n) is 2.37. The molecule has 1 aliphatic rings. The van der Waals surface area contributed by atoms with E-state index in [1.807, 2.05) is 0 Å². The van der Waals surface area contributed by atoms with Crippen LogP contribution in [-0.4, -0.2) is 41.5 Å². The second-order valence-electron chi connectivity index (χ2n) is 5.32. The molecular weight excluding hydrogens is 323 g/mol. The summed E-state index contributed by atoms with van der Waals surface area (Å²) >= 11 is 0. The maximum atomic E-state index is 12.8. The lowest BCUT2D eigenvalue weighted by atomic mass is 10.1. The highest BCUT2D eigenvalue weighted by molar-refractivity contribution is 5.94. The van der Waals surface area contributed by atoms with Gasteiger partial charge >= 0.3 is 6.61 Å². The Bertz CT molecular complexity index is 702. The number of rotatable bonds is 5. The number of likely N-dealkylation sites (tertiary alicyclic amines) is 1. The van der Waals surface area contributed by atoms with Crippen LogP contribution < -0.4 is 10.1 Å². The number of nitrogens with one attached hydrogen (secondary N) is 1. The van der Waals surface area contributed by atoms with Crippen molar-refractivity contribution in [2.45, 2.75) is 12.7 Å². The zero-order valence-corrected chi connectivity index (χ0v) is 12.5. The molecule has 8 heteroatoms. The summed E-state index contributed by atoms with van der Waals surface area (Å²) < 4.78 is 41.1. The van der Waals surface area contributed by atoms with Gasteiger partial charge in [-0.3, -0.25) is 4.79 Å². The molecule has 0 spiro atoms. The third kappa shape index (κ3) is 3.76. The quantitative estimate of drug-likeness (QED) is 0.912. The first-order chi connectivity index (χ1) is 11.5. The molecule has 0 saturated carbocycles. The van der Waals surface area contributed by atoms with Crippen LogP contribution in [0.25, 0.3) is 0 Å². The van der Waals surface area contributed by atoms with Crippen LogP contribution >= 0.6 is 0 Å². The van der Waals surface area contributed by atoms with E-state index in [-0.39, 0.29) is 23.6 Å². The third-order valence-electron chi connectivity index (χ3n) is 3.58. The van der Waals surface area contributed by atoms with Crippen LogP contribution in [0.2, 0.25) is 0 Å². The zero-order valence-electron chi connectivity index (χ0n) is 12.5. The molecule has 3 rings (SSSR count). The first-order valence-corrected chi connectivity index (χ1v) is 7.23. The molecule has 1 aromatic heterocycles. The molecular formula is C16H14F3N3O2. The maximum absolute atomic E-state index is 12.8. The van der Waals surface area contributed by atoms with Crippen molar-refractivity contribution in [2.75, 3.05) is 18.4 Å². The van der Waals surface area contributed by atoms with E-state index in [9.17, 15) is 18.0 Å². The van der Waals surface area contributed by atoms with Crippen molar-refractivity contribution >= 4 is 11.6 Å². The van der Waals surface area contributed by atoms with E-state index in [0.29, 0.717) is 18.7 Å². The number of carbonyl (C=O) groups excluding carboxylic acids is 1. The van der Waals surface area contributed by atoms with Crippen molar-refractivity contribution in [3.8, 4) is 5.88 Å². The van der Waals surface area contributed by atoms with Gasteiger partial charge < -0.3 is 15.0 Å². The van der Waals surface area contributed by atoms with Gasteiger partial charge in [0.15, 0.2) is 0 Å². The van der Waals surface area contributed by atoms with Crippen LogP contribution in [0.4, 0.5) is 18.9 Å². The molecule has 0 unspecified atom stereocenters. The van der Waals surface area contributed by atoms with Crippen molar-refractivity contribution in [3.05, 3.63) is 54.0 Å². The minimum atomic E-state index is -2.95. The van der Waals surface area contributed by atoms with E-state index in [2.05, 4.69) is 15.0 Å². The normalized spacial score (nSPS) is 14.4.